The fraction of sp³-hybridized carbons (Fsp3) is 0.143. The molecule has 0 fully saturated rings. The second-order valence-electron chi connectivity index (χ2n) is 4.16. The van der Waals surface area contributed by atoms with Gasteiger partial charge >= 0.3 is 5.97 Å². The van der Waals surface area contributed by atoms with Crippen LogP contribution in [0.1, 0.15) is 27.8 Å². The van der Waals surface area contributed by atoms with E-state index in [1.807, 2.05) is 0 Å². The van der Waals surface area contributed by atoms with E-state index in [0.29, 0.717) is 22.0 Å². The smallest absolute Gasteiger partial charge is 0.352 e. The minimum atomic E-state index is -1.12. The number of ketones is 1. The van der Waals surface area contributed by atoms with Crippen molar-refractivity contribution in [2.75, 3.05) is 7.11 Å². The van der Waals surface area contributed by atoms with Crippen LogP contribution < -0.4 is 4.74 Å². The molecule has 2 rings (SSSR count). The summed E-state index contributed by atoms with van der Waals surface area (Å²) >= 11 is 6.03. The molecule has 20 heavy (non-hydrogen) atoms. The number of aromatic carboxylic acids is 1. The summed E-state index contributed by atoms with van der Waals surface area (Å²) in [5.74, 6) is -0.832. The van der Waals surface area contributed by atoms with E-state index in [0.717, 1.165) is 0 Å². The molecule has 0 aliphatic carbocycles. The van der Waals surface area contributed by atoms with Gasteiger partial charge in [0.1, 0.15) is 11.4 Å². The summed E-state index contributed by atoms with van der Waals surface area (Å²) < 4.78 is 6.45. The molecular formula is C14H12ClNO4. The molecule has 0 unspecified atom stereocenters. The normalized spacial score (nSPS) is 10.3. The SMILES string of the molecule is COc1ccc(-n2cc(C(C)=O)cc2C(=O)O)cc1Cl. The van der Waals surface area contributed by atoms with Gasteiger partial charge in [-0.25, -0.2) is 4.79 Å². The van der Waals surface area contributed by atoms with Crippen LogP contribution in [0.25, 0.3) is 5.69 Å². The first kappa shape index (κ1) is 14.1. The molecule has 0 bridgehead atoms. The third-order valence-electron chi connectivity index (χ3n) is 2.86. The molecule has 1 N–H and O–H groups in total. The Morgan fingerprint density at radius 1 is 1.30 bits per heavy atom. The van der Waals surface area contributed by atoms with Crippen molar-refractivity contribution in [2.45, 2.75) is 6.92 Å². The van der Waals surface area contributed by atoms with E-state index < -0.39 is 5.97 Å². The van der Waals surface area contributed by atoms with Gasteiger partial charge in [-0.05, 0) is 31.2 Å². The molecule has 0 aliphatic heterocycles. The Morgan fingerprint density at radius 3 is 2.50 bits per heavy atom. The number of ether oxygens (including phenoxy) is 1. The minimum Gasteiger partial charge on any atom is -0.495 e. The van der Waals surface area contributed by atoms with Crippen molar-refractivity contribution in [3.05, 3.63) is 46.7 Å². The second kappa shape index (κ2) is 5.38. The third-order valence-corrected chi connectivity index (χ3v) is 3.15. The highest BCUT2D eigenvalue weighted by Gasteiger charge is 2.16. The van der Waals surface area contributed by atoms with Gasteiger partial charge in [0, 0.05) is 17.4 Å². The summed E-state index contributed by atoms with van der Waals surface area (Å²) in [5, 5.41) is 9.56. The summed E-state index contributed by atoms with van der Waals surface area (Å²) in [6, 6.07) is 6.22. The number of hydrogen-bond acceptors (Lipinski definition) is 3. The first-order valence-corrected chi connectivity index (χ1v) is 6.12. The van der Waals surface area contributed by atoms with Gasteiger partial charge in [0.15, 0.2) is 5.78 Å². The van der Waals surface area contributed by atoms with Crippen LogP contribution in [-0.2, 0) is 0 Å². The predicted molar refractivity (Wildman–Crippen MR) is 74.3 cm³/mol. The lowest BCUT2D eigenvalue weighted by atomic mass is 10.2. The van der Waals surface area contributed by atoms with Crippen molar-refractivity contribution in [3.8, 4) is 11.4 Å². The molecule has 2 aromatic rings. The molecule has 5 nitrogen and oxygen atoms in total. The van der Waals surface area contributed by atoms with E-state index in [-0.39, 0.29) is 11.5 Å². The predicted octanol–water partition coefficient (Wildman–Crippen LogP) is 3.04. The van der Waals surface area contributed by atoms with Crippen LogP contribution in [0.2, 0.25) is 5.02 Å². The first-order valence-electron chi connectivity index (χ1n) is 5.74. The van der Waals surface area contributed by atoms with Crippen molar-refractivity contribution < 1.29 is 19.4 Å². The fourth-order valence-electron chi connectivity index (χ4n) is 1.84. The highest BCUT2D eigenvalue weighted by atomic mass is 35.5. The molecule has 1 aromatic heterocycles. The topological polar surface area (TPSA) is 68.5 Å². The molecular weight excluding hydrogens is 282 g/mol. The second-order valence-corrected chi connectivity index (χ2v) is 4.57. The quantitative estimate of drug-likeness (QED) is 0.880. The van der Waals surface area contributed by atoms with Gasteiger partial charge in [-0.1, -0.05) is 11.6 Å². The maximum absolute atomic E-state index is 11.4. The van der Waals surface area contributed by atoms with Crippen LogP contribution >= 0.6 is 11.6 Å². The molecule has 1 heterocycles. The van der Waals surface area contributed by atoms with Crippen LogP contribution in [0.4, 0.5) is 0 Å². The van der Waals surface area contributed by atoms with Crippen molar-refractivity contribution in [2.24, 2.45) is 0 Å². The van der Waals surface area contributed by atoms with Gasteiger partial charge in [0.05, 0.1) is 12.1 Å². The Morgan fingerprint density at radius 2 is 2.00 bits per heavy atom. The summed E-state index contributed by atoms with van der Waals surface area (Å²) in [7, 11) is 1.49. The molecule has 0 spiro atoms. The van der Waals surface area contributed by atoms with Crippen LogP contribution in [0.3, 0.4) is 0 Å². The Labute approximate surface area is 120 Å². The Balaban J connectivity index is 2.59. The number of carbonyl (C=O) groups is 2. The zero-order valence-corrected chi connectivity index (χ0v) is 11.6. The van der Waals surface area contributed by atoms with Crippen molar-refractivity contribution in [3.63, 3.8) is 0 Å². The maximum Gasteiger partial charge on any atom is 0.352 e. The number of hydrogen-bond donors (Lipinski definition) is 1. The highest BCUT2D eigenvalue weighted by Crippen LogP contribution is 2.28. The molecule has 0 radical (unpaired) electrons. The van der Waals surface area contributed by atoms with E-state index >= 15 is 0 Å². The highest BCUT2D eigenvalue weighted by molar-refractivity contribution is 6.32. The number of aromatic nitrogens is 1. The third kappa shape index (κ3) is 2.53. The number of benzene rings is 1. The molecule has 0 amide bonds. The van der Waals surface area contributed by atoms with Crippen LogP contribution in [-0.4, -0.2) is 28.5 Å². The van der Waals surface area contributed by atoms with Gasteiger partial charge in [-0.2, -0.15) is 0 Å². The number of carboxylic acid groups (broad SMARTS) is 1. The molecule has 1 aromatic carbocycles. The van der Waals surface area contributed by atoms with E-state index in [9.17, 15) is 14.7 Å². The monoisotopic (exact) mass is 293 g/mol. The standard InChI is InChI=1S/C14H12ClNO4/c1-8(17)9-5-12(14(18)19)16(7-9)10-3-4-13(20-2)11(15)6-10/h3-7H,1-2H3,(H,18,19). The van der Waals surface area contributed by atoms with Crippen LogP contribution in [0.15, 0.2) is 30.5 Å². The van der Waals surface area contributed by atoms with Crippen molar-refractivity contribution in [1.29, 1.82) is 0 Å². The first-order chi connectivity index (χ1) is 9.43. The average molecular weight is 294 g/mol. The summed E-state index contributed by atoms with van der Waals surface area (Å²) in [5.41, 5.74) is 0.867. The number of halogens is 1. The molecule has 0 saturated carbocycles. The fourth-order valence-corrected chi connectivity index (χ4v) is 2.09. The van der Waals surface area contributed by atoms with Crippen LogP contribution in [0, 0.1) is 0 Å². The molecule has 6 heteroatoms. The zero-order chi connectivity index (χ0) is 14.9. The lowest BCUT2D eigenvalue weighted by molar-refractivity contribution is 0.0688. The largest absolute Gasteiger partial charge is 0.495 e. The Kier molecular flexibility index (Phi) is 3.81. The summed E-state index contributed by atoms with van der Waals surface area (Å²) in [4.78, 5) is 22.6. The van der Waals surface area contributed by atoms with Gasteiger partial charge in [0.2, 0.25) is 0 Å². The number of carboxylic acids is 1. The molecule has 0 atom stereocenters. The Bertz CT molecular complexity index is 690. The van der Waals surface area contributed by atoms with E-state index in [1.54, 1.807) is 18.2 Å². The van der Waals surface area contributed by atoms with Crippen molar-refractivity contribution >= 4 is 23.4 Å². The van der Waals surface area contributed by atoms with Crippen LogP contribution in [0.5, 0.6) is 5.75 Å². The zero-order valence-electron chi connectivity index (χ0n) is 10.9. The van der Waals surface area contributed by atoms with Gasteiger partial charge in [0.25, 0.3) is 0 Å². The number of rotatable bonds is 4. The van der Waals surface area contributed by atoms with Gasteiger partial charge in [-0.3, -0.25) is 4.79 Å². The lowest BCUT2D eigenvalue weighted by Gasteiger charge is -2.09. The average Bonchev–Trinajstić information content (AvgIpc) is 2.84. The molecule has 104 valence electrons. The Hall–Kier alpha value is -2.27. The number of methoxy groups -OCH3 is 1. The van der Waals surface area contributed by atoms with Crippen molar-refractivity contribution in [1.82, 2.24) is 4.57 Å². The maximum atomic E-state index is 11.4. The number of Topliss-reactive ketones (excluding diaryl/α,β-unsaturated/α-hetero) is 1. The van der Waals surface area contributed by atoms with Gasteiger partial charge < -0.3 is 14.4 Å². The molecule has 0 saturated heterocycles. The van der Waals surface area contributed by atoms with E-state index in [1.165, 1.54) is 30.9 Å². The molecule has 0 aliphatic rings. The number of carbonyl (C=O) groups excluding carboxylic acids is 1. The summed E-state index contributed by atoms with van der Waals surface area (Å²) in [6.45, 7) is 1.38. The minimum absolute atomic E-state index is 0.00330. The summed E-state index contributed by atoms with van der Waals surface area (Å²) in [6.07, 6.45) is 1.48. The van der Waals surface area contributed by atoms with E-state index in [2.05, 4.69) is 0 Å². The number of nitrogens with zero attached hydrogens (tertiary/aromatic N) is 1. The lowest BCUT2D eigenvalue weighted by Crippen LogP contribution is -2.05. The van der Waals surface area contributed by atoms with Gasteiger partial charge in [-0.15, -0.1) is 0 Å². The van der Waals surface area contributed by atoms with E-state index in [4.69, 9.17) is 16.3 Å².